The van der Waals surface area contributed by atoms with Crippen molar-refractivity contribution in [3.63, 3.8) is 0 Å². The van der Waals surface area contributed by atoms with E-state index >= 15 is 0 Å². The summed E-state index contributed by atoms with van der Waals surface area (Å²) in [5.74, 6) is 0. The Morgan fingerprint density at radius 2 is 0.845 bits per heavy atom. The van der Waals surface area contributed by atoms with Gasteiger partial charge in [-0.15, -0.1) is 0 Å². The molecule has 8 rings (SSSR count). The zero-order chi connectivity index (χ0) is 39.9. The zero-order valence-corrected chi connectivity index (χ0v) is 40.6. The van der Waals surface area contributed by atoms with E-state index in [4.69, 9.17) is 0 Å². The van der Waals surface area contributed by atoms with E-state index in [0.29, 0.717) is 3.63 Å². The number of benzene rings is 6. The Balaban J connectivity index is 0.00000283. The molecule has 0 fully saturated rings. The monoisotopic (exact) mass is 880 g/mol. The Kier molecular flexibility index (Phi) is 12.1. The first-order valence-corrected chi connectivity index (χ1v) is 24.7. The molecule has 58 heavy (non-hydrogen) atoms. The minimum atomic E-state index is -3.00. The van der Waals surface area contributed by atoms with Crippen LogP contribution in [0.1, 0.15) is 138 Å². The maximum atomic E-state index is 2.70. The zero-order valence-electron chi connectivity index (χ0n) is 36.7. The maximum Gasteiger partial charge on any atom is -1.00 e. The Bertz CT molecular complexity index is 2480. The molecule has 0 saturated carbocycles. The van der Waals surface area contributed by atoms with Crippen molar-refractivity contribution in [3.8, 4) is 11.1 Å². The van der Waals surface area contributed by atoms with Gasteiger partial charge in [0.05, 0.1) is 0 Å². The fraction of sp³-hybridized carbons (Fsp3) is 0.327. The Morgan fingerprint density at radius 3 is 1.21 bits per heavy atom. The van der Waals surface area contributed by atoms with E-state index in [1.165, 1.54) is 66.1 Å². The third-order valence-corrected chi connectivity index (χ3v) is 20.6. The van der Waals surface area contributed by atoms with Crippen molar-refractivity contribution in [1.82, 2.24) is 0 Å². The second-order valence-corrected chi connectivity index (χ2v) is 26.9. The molecule has 298 valence electrons. The van der Waals surface area contributed by atoms with Gasteiger partial charge >= 0.3 is 347 Å². The summed E-state index contributed by atoms with van der Waals surface area (Å²) in [5.41, 5.74) is 14.8. The average Bonchev–Trinajstić information content (AvgIpc) is 3.77. The van der Waals surface area contributed by atoms with Gasteiger partial charge in [-0.05, 0) is 0 Å². The molecular weight excluding hydrogens is 823 g/mol. The smallest absolute Gasteiger partial charge is 1.00 e. The van der Waals surface area contributed by atoms with Crippen LogP contribution in [0.4, 0.5) is 0 Å². The summed E-state index contributed by atoms with van der Waals surface area (Å²) in [5, 5.41) is 5.22. The van der Waals surface area contributed by atoms with Crippen molar-refractivity contribution >= 4 is 24.8 Å². The van der Waals surface area contributed by atoms with Crippen LogP contribution in [0.3, 0.4) is 0 Å². The molecule has 0 N–H and O–H groups in total. The fourth-order valence-electron chi connectivity index (χ4n) is 9.44. The van der Waals surface area contributed by atoms with Gasteiger partial charge in [-0.3, -0.25) is 0 Å². The van der Waals surface area contributed by atoms with Gasteiger partial charge in [0.2, 0.25) is 0 Å². The predicted molar refractivity (Wildman–Crippen MR) is 241 cm³/mol. The molecule has 0 unspecified atom stereocenters. The van der Waals surface area contributed by atoms with Crippen LogP contribution in [-0.4, -0.2) is 3.21 Å². The molecule has 0 amide bonds. The summed E-state index contributed by atoms with van der Waals surface area (Å²) >= 11 is -3.00. The maximum absolute atomic E-state index is 3.00. The minimum Gasteiger partial charge on any atom is -1.00 e. The van der Waals surface area contributed by atoms with Gasteiger partial charge in [-0.2, -0.15) is 0 Å². The van der Waals surface area contributed by atoms with E-state index in [0.717, 1.165) is 6.42 Å². The summed E-state index contributed by atoms with van der Waals surface area (Å²) in [6.45, 7) is 28.9. The van der Waals surface area contributed by atoms with Crippen LogP contribution in [0, 0.1) is 0 Å². The van der Waals surface area contributed by atoms with Gasteiger partial charge in [0.25, 0.3) is 0 Å². The molecule has 0 aliphatic heterocycles. The molecule has 0 radical (unpaired) electrons. The summed E-state index contributed by atoms with van der Waals surface area (Å²) in [7, 11) is 0. The number of rotatable bonds is 4. The Morgan fingerprint density at radius 1 is 0.466 bits per heavy atom. The molecule has 2 aliphatic carbocycles. The van der Waals surface area contributed by atoms with E-state index in [1.54, 1.807) is 17.6 Å². The third-order valence-electron chi connectivity index (χ3n) is 12.3. The molecule has 2 aliphatic rings. The quantitative estimate of drug-likeness (QED) is 0.166. The van der Waals surface area contributed by atoms with E-state index in [2.05, 4.69) is 211 Å². The topological polar surface area (TPSA) is 0 Å². The molecule has 0 saturated heterocycles. The third kappa shape index (κ3) is 8.11. The second-order valence-electron chi connectivity index (χ2n) is 20.6. The van der Waals surface area contributed by atoms with Gasteiger partial charge in [-0.1, -0.05) is 0 Å². The van der Waals surface area contributed by atoms with Gasteiger partial charge in [0.15, 0.2) is 0 Å². The molecule has 3 heteroatoms. The van der Waals surface area contributed by atoms with E-state index in [1.807, 2.05) is 0 Å². The van der Waals surface area contributed by atoms with Crippen molar-refractivity contribution in [3.05, 3.63) is 175 Å². The summed E-state index contributed by atoms with van der Waals surface area (Å²) in [4.78, 5) is 0. The number of hydrogen-bond donors (Lipinski definition) is 0. The number of allylic oxidation sites excluding steroid dienone is 4. The van der Waals surface area contributed by atoms with Gasteiger partial charge < -0.3 is 24.8 Å². The van der Waals surface area contributed by atoms with Crippen LogP contribution in [0.5, 0.6) is 0 Å². The first-order chi connectivity index (χ1) is 26.3. The van der Waals surface area contributed by atoms with E-state index in [9.17, 15) is 0 Å². The van der Waals surface area contributed by atoms with Crippen LogP contribution in [-0.2, 0) is 42.9 Å². The molecule has 0 bridgehead atoms. The van der Waals surface area contributed by atoms with Crippen LogP contribution in [0.15, 0.2) is 131 Å². The molecular formula is C55H60Cl2Zr. The Labute approximate surface area is 369 Å². The minimum absolute atomic E-state index is 0. The number of fused-ring (bicyclic) bond motifs is 5. The second kappa shape index (κ2) is 15.9. The van der Waals surface area contributed by atoms with E-state index < -0.39 is 21.3 Å². The molecule has 0 heterocycles. The van der Waals surface area contributed by atoms with Gasteiger partial charge in [0, 0.05) is 0 Å². The number of hydrogen-bond acceptors (Lipinski definition) is 0. The average molecular weight is 883 g/mol. The molecule has 6 aromatic rings. The fourth-order valence-corrected chi connectivity index (χ4v) is 18.4. The van der Waals surface area contributed by atoms with Crippen molar-refractivity contribution in [2.75, 3.05) is 0 Å². The van der Waals surface area contributed by atoms with Crippen LogP contribution < -0.4 is 24.8 Å². The molecule has 0 spiro atoms. The largest absolute Gasteiger partial charge is 1.00 e. The van der Waals surface area contributed by atoms with Crippen LogP contribution in [0.2, 0.25) is 0 Å². The predicted octanol–water partition coefficient (Wildman–Crippen LogP) is 8.99. The molecule has 0 aromatic heterocycles. The van der Waals surface area contributed by atoms with Crippen molar-refractivity contribution < 1.29 is 46.1 Å². The molecule has 0 nitrogen and oxygen atoms in total. The summed E-state index contributed by atoms with van der Waals surface area (Å²) < 4.78 is 3.62. The standard InChI is InChI=1S/C29H41.C21H14.C5H5.2ClH.Zr/c1-26(2,3)22-14-18-13-19-15-23(27(4,5)6)25(29(10,11)12)17-21(19)20(18)16-24(22)28(7,8)9;1-3-7-20-14-16(9-11-18(20)5-1)13-17-10-12-19-6-2-4-8-21(19)15-17;1-2-4-5-3-1;;;/h13-17H,1-12H3;1-12,14-15H;1-3H,4H2;2*1H;/q;;;;;+2/p-2. The Hall–Kier alpha value is -3.35. The van der Waals surface area contributed by atoms with Crippen molar-refractivity contribution in [2.24, 2.45) is 0 Å². The van der Waals surface area contributed by atoms with Crippen LogP contribution in [0.25, 0.3) is 32.7 Å². The summed E-state index contributed by atoms with van der Waals surface area (Å²) in [6, 6.07) is 43.1. The SMILES string of the molecule is CC(C)(C)c1cc2c(cc1C(C)(C)C)[CH]([Zr+2]([C]1=CC=CC1)=[C](c1ccc3ccccc3c1)c1ccc3ccccc3c1)c1cc(C(C)(C)C)c(C(C)(C)C)cc1-2.[Cl-].[Cl-]. The van der Waals surface area contributed by atoms with E-state index in [-0.39, 0.29) is 46.5 Å². The number of halogens is 2. The van der Waals surface area contributed by atoms with Gasteiger partial charge in [0.1, 0.15) is 0 Å². The van der Waals surface area contributed by atoms with Gasteiger partial charge in [-0.25, -0.2) is 0 Å². The van der Waals surface area contributed by atoms with Crippen molar-refractivity contribution in [1.29, 1.82) is 0 Å². The first-order valence-electron chi connectivity index (χ1n) is 20.8. The normalized spacial score (nSPS) is 14.0. The first kappa shape index (κ1) is 44.2. The molecule has 6 aromatic carbocycles. The molecule has 0 atom stereocenters. The summed E-state index contributed by atoms with van der Waals surface area (Å²) in [6.07, 6.45) is 8.32. The van der Waals surface area contributed by atoms with Crippen LogP contribution >= 0.6 is 0 Å². The van der Waals surface area contributed by atoms with Crippen molar-refractivity contribution in [2.45, 2.75) is 115 Å².